The molecule has 1 spiro atoms. The second-order valence-electron chi connectivity index (χ2n) is 5.69. The van der Waals surface area contributed by atoms with Gasteiger partial charge in [-0.1, -0.05) is 12.8 Å². The third-order valence-electron chi connectivity index (χ3n) is 4.23. The van der Waals surface area contributed by atoms with Gasteiger partial charge in [-0.05, 0) is 37.5 Å². The topological polar surface area (TPSA) is 74.3 Å². The van der Waals surface area contributed by atoms with Gasteiger partial charge in [0.15, 0.2) is 0 Å². The van der Waals surface area contributed by atoms with Crippen LogP contribution in [0.25, 0.3) is 0 Å². The second kappa shape index (κ2) is 5.35. The zero-order valence-corrected chi connectivity index (χ0v) is 12.2. The lowest BCUT2D eigenvalue weighted by Gasteiger charge is -2.20. The largest absolute Gasteiger partial charge is 0.370 e. The van der Waals surface area contributed by atoms with E-state index in [1.807, 2.05) is 19.1 Å². The Kier molecular flexibility index (Phi) is 3.53. The van der Waals surface area contributed by atoms with E-state index in [-0.39, 0.29) is 11.9 Å². The molecular formula is C15H20N4O2. The zero-order valence-electron chi connectivity index (χ0n) is 12.2. The van der Waals surface area contributed by atoms with Crippen molar-refractivity contribution in [2.75, 3.05) is 11.9 Å². The number of amides is 3. The summed E-state index contributed by atoms with van der Waals surface area (Å²) < 4.78 is 0. The van der Waals surface area contributed by atoms with Crippen LogP contribution in [0.15, 0.2) is 18.3 Å². The van der Waals surface area contributed by atoms with E-state index in [0.717, 1.165) is 43.6 Å². The van der Waals surface area contributed by atoms with Gasteiger partial charge in [-0.25, -0.2) is 9.78 Å². The van der Waals surface area contributed by atoms with Crippen molar-refractivity contribution < 1.29 is 9.59 Å². The van der Waals surface area contributed by atoms with E-state index in [1.54, 1.807) is 6.20 Å². The number of urea groups is 1. The molecule has 2 aliphatic rings. The number of carbonyl (C=O) groups excluding carboxylic acids is 2. The first-order chi connectivity index (χ1) is 10.1. The fraction of sp³-hybridized carbons (Fsp3) is 0.533. The molecule has 3 amide bonds. The lowest BCUT2D eigenvalue weighted by molar-refractivity contribution is -0.131. The molecule has 6 nitrogen and oxygen atoms in total. The number of hydrogen-bond donors (Lipinski definition) is 2. The highest BCUT2D eigenvalue weighted by Gasteiger charge is 2.52. The number of aromatic nitrogens is 1. The van der Waals surface area contributed by atoms with Gasteiger partial charge in [0.25, 0.3) is 5.91 Å². The highest BCUT2D eigenvalue weighted by atomic mass is 16.2. The molecule has 1 aromatic rings. The van der Waals surface area contributed by atoms with Crippen molar-refractivity contribution in [1.82, 2.24) is 15.2 Å². The number of rotatable bonds is 4. The first-order valence-electron chi connectivity index (χ1n) is 7.47. The van der Waals surface area contributed by atoms with Crippen molar-refractivity contribution in [3.8, 4) is 0 Å². The summed E-state index contributed by atoms with van der Waals surface area (Å²) in [5.74, 6) is 0.685. The molecule has 112 valence electrons. The lowest BCUT2D eigenvalue weighted by Crippen LogP contribution is -2.44. The van der Waals surface area contributed by atoms with Crippen molar-refractivity contribution in [2.24, 2.45) is 0 Å². The third kappa shape index (κ3) is 2.46. The minimum Gasteiger partial charge on any atom is -0.370 e. The number of nitrogens with one attached hydrogen (secondary N) is 2. The lowest BCUT2D eigenvalue weighted by atomic mass is 9.98. The van der Waals surface area contributed by atoms with Crippen LogP contribution in [-0.2, 0) is 11.3 Å². The summed E-state index contributed by atoms with van der Waals surface area (Å²) >= 11 is 0. The molecule has 21 heavy (non-hydrogen) atoms. The smallest absolute Gasteiger partial charge is 0.325 e. The normalized spacial score (nSPS) is 20.1. The van der Waals surface area contributed by atoms with Crippen LogP contribution in [-0.4, -0.2) is 33.9 Å². The molecule has 1 aromatic heterocycles. The van der Waals surface area contributed by atoms with Crippen LogP contribution < -0.4 is 10.6 Å². The van der Waals surface area contributed by atoms with Gasteiger partial charge in [0.05, 0.1) is 6.54 Å². The van der Waals surface area contributed by atoms with Crippen LogP contribution in [0.5, 0.6) is 0 Å². The zero-order chi connectivity index (χ0) is 14.9. The maximum absolute atomic E-state index is 12.6. The Labute approximate surface area is 123 Å². The summed E-state index contributed by atoms with van der Waals surface area (Å²) in [5.41, 5.74) is 0.272. The van der Waals surface area contributed by atoms with Gasteiger partial charge in [0.2, 0.25) is 0 Å². The highest BCUT2D eigenvalue weighted by Crippen LogP contribution is 2.35. The van der Waals surface area contributed by atoms with Crippen LogP contribution in [0, 0.1) is 0 Å². The maximum Gasteiger partial charge on any atom is 0.325 e. The van der Waals surface area contributed by atoms with Gasteiger partial charge < -0.3 is 10.6 Å². The molecule has 2 N–H and O–H groups in total. The fourth-order valence-corrected chi connectivity index (χ4v) is 3.17. The van der Waals surface area contributed by atoms with Crippen molar-refractivity contribution in [3.05, 3.63) is 23.9 Å². The molecule has 0 aromatic carbocycles. The van der Waals surface area contributed by atoms with Gasteiger partial charge in [0.1, 0.15) is 11.4 Å². The Hall–Kier alpha value is -2.11. The van der Waals surface area contributed by atoms with E-state index in [1.165, 1.54) is 4.90 Å². The summed E-state index contributed by atoms with van der Waals surface area (Å²) in [6.07, 6.45) is 5.20. The first-order valence-corrected chi connectivity index (χ1v) is 7.47. The second-order valence-corrected chi connectivity index (χ2v) is 5.69. The average molecular weight is 288 g/mol. The summed E-state index contributed by atoms with van der Waals surface area (Å²) in [4.78, 5) is 30.2. The van der Waals surface area contributed by atoms with Crippen LogP contribution in [0.2, 0.25) is 0 Å². The van der Waals surface area contributed by atoms with Crippen LogP contribution in [0.3, 0.4) is 0 Å². The number of hydrogen-bond acceptors (Lipinski definition) is 4. The van der Waals surface area contributed by atoms with E-state index in [9.17, 15) is 9.59 Å². The maximum atomic E-state index is 12.6. The Bertz CT molecular complexity index is 567. The van der Waals surface area contributed by atoms with Gasteiger partial charge >= 0.3 is 6.03 Å². The summed E-state index contributed by atoms with van der Waals surface area (Å²) in [5, 5.41) is 6.02. The van der Waals surface area contributed by atoms with Gasteiger partial charge in [0, 0.05) is 12.7 Å². The van der Waals surface area contributed by atoms with Crippen LogP contribution in [0.1, 0.15) is 38.2 Å². The molecule has 2 heterocycles. The molecule has 1 saturated heterocycles. The van der Waals surface area contributed by atoms with E-state index in [2.05, 4.69) is 15.6 Å². The van der Waals surface area contributed by atoms with Gasteiger partial charge in [-0.2, -0.15) is 0 Å². The van der Waals surface area contributed by atoms with E-state index < -0.39 is 5.54 Å². The number of carbonyl (C=O) groups is 2. The predicted molar refractivity (Wildman–Crippen MR) is 78.7 cm³/mol. The number of imide groups is 1. The van der Waals surface area contributed by atoms with Crippen molar-refractivity contribution >= 4 is 17.8 Å². The summed E-state index contributed by atoms with van der Waals surface area (Å²) in [6.45, 7) is 3.08. The van der Waals surface area contributed by atoms with Crippen molar-refractivity contribution in [3.63, 3.8) is 0 Å². The Balaban J connectivity index is 1.77. The quantitative estimate of drug-likeness (QED) is 0.830. The number of anilines is 1. The van der Waals surface area contributed by atoms with Gasteiger partial charge in [-0.3, -0.25) is 9.69 Å². The molecule has 3 rings (SSSR count). The third-order valence-corrected chi connectivity index (χ3v) is 4.23. The van der Waals surface area contributed by atoms with Crippen molar-refractivity contribution in [2.45, 2.75) is 44.7 Å². The van der Waals surface area contributed by atoms with Gasteiger partial charge in [-0.15, -0.1) is 0 Å². The predicted octanol–water partition coefficient (Wildman–Crippen LogP) is 1.88. The van der Waals surface area contributed by atoms with Crippen LogP contribution in [0.4, 0.5) is 10.6 Å². The molecule has 1 aliphatic carbocycles. The molecule has 0 bridgehead atoms. The molecule has 1 saturated carbocycles. The standard InChI is InChI=1S/C15H20N4O2/c1-2-16-12-9-11(5-8-17-12)10-19-13(20)15(18-14(19)21)6-3-4-7-15/h5,8-9H,2-4,6-7,10H2,1H3,(H,16,17)(H,18,21). The number of pyridine rings is 1. The molecule has 1 aliphatic heterocycles. The van der Waals surface area contributed by atoms with Crippen LogP contribution >= 0.6 is 0 Å². The summed E-state index contributed by atoms with van der Waals surface area (Å²) in [7, 11) is 0. The highest BCUT2D eigenvalue weighted by molar-refractivity contribution is 6.07. The Morgan fingerprint density at radius 3 is 2.86 bits per heavy atom. The minimum absolute atomic E-state index is 0.0770. The molecular weight excluding hydrogens is 268 g/mol. The Morgan fingerprint density at radius 1 is 1.38 bits per heavy atom. The minimum atomic E-state index is -0.630. The van der Waals surface area contributed by atoms with E-state index in [4.69, 9.17) is 0 Å². The fourth-order valence-electron chi connectivity index (χ4n) is 3.17. The molecule has 0 atom stereocenters. The molecule has 6 heteroatoms. The first kappa shape index (κ1) is 13.9. The molecule has 0 unspecified atom stereocenters. The summed E-state index contributed by atoms with van der Waals surface area (Å²) in [6, 6.07) is 3.44. The molecule has 2 fully saturated rings. The average Bonchev–Trinajstić information content (AvgIpc) is 3.02. The van der Waals surface area contributed by atoms with E-state index in [0.29, 0.717) is 6.54 Å². The molecule has 0 radical (unpaired) electrons. The monoisotopic (exact) mass is 288 g/mol. The van der Waals surface area contributed by atoms with Crippen molar-refractivity contribution in [1.29, 1.82) is 0 Å². The SMILES string of the molecule is CCNc1cc(CN2C(=O)NC3(CCCC3)C2=O)ccn1. The van der Waals surface area contributed by atoms with E-state index >= 15 is 0 Å². The number of nitrogens with zero attached hydrogens (tertiary/aromatic N) is 2. The Morgan fingerprint density at radius 2 is 2.14 bits per heavy atom.